The van der Waals surface area contributed by atoms with Crippen molar-refractivity contribution in [3.8, 4) is 0 Å². The zero-order chi connectivity index (χ0) is 25.7. The van der Waals surface area contributed by atoms with E-state index >= 15 is 0 Å². The van der Waals surface area contributed by atoms with Crippen molar-refractivity contribution >= 4 is 35.0 Å². The lowest BCUT2D eigenvalue weighted by Gasteiger charge is -2.37. The molecule has 36 heavy (non-hydrogen) atoms. The number of aliphatic hydroxyl groups is 1. The summed E-state index contributed by atoms with van der Waals surface area (Å²) in [5.41, 5.74) is -1.66. The number of hydrogen-bond donors (Lipinski definition) is 1. The van der Waals surface area contributed by atoms with Gasteiger partial charge < -0.3 is 24.5 Å². The molecule has 4 aliphatic heterocycles. The number of rotatable bonds is 6. The number of fused-ring (bicyclic) bond motifs is 2. The Kier molecular flexibility index (Phi) is 6.47. The van der Waals surface area contributed by atoms with E-state index in [1.54, 1.807) is 34.1 Å². The Balaban J connectivity index is 1.62. The monoisotopic (exact) mass is 513 g/mol. The van der Waals surface area contributed by atoms with Crippen LogP contribution in [0.2, 0.25) is 5.02 Å². The SMILES string of the molecule is CCCN1CC=C[C@]2(C)O[C@]34C=CCN(c5ccc(Cl)cc5)C(=O)C3N(CCCO)C(=O)[C@@H]4[C@@H]2C1=O. The summed E-state index contributed by atoms with van der Waals surface area (Å²) in [6.07, 6.45) is 8.62. The number of anilines is 1. The molecule has 1 aromatic carbocycles. The summed E-state index contributed by atoms with van der Waals surface area (Å²) < 4.78 is 6.76. The largest absolute Gasteiger partial charge is 0.396 e. The fourth-order valence-electron chi connectivity index (χ4n) is 6.38. The van der Waals surface area contributed by atoms with Crippen LogP contribution in [0, 0.1) is 11.8 Å². The van der Waals surface area contributed by atoms with Crippen molar-refractivity contribution < 1.29 is 24.2 Å². The Morgan fingerprint density at radius 2 is 1.72 bits per heavy atom. The second-order valence-corrected chi connectivity index (χ2v) is 10.6. The Hall–Kier alpha value is -2.68. The topological polar surface area (TPSA) is 90.4 Å². The summed E-state index contributed by atoms with van der Waals surface area (Å²) in [6.45, 7) is 5.28. The second-order valence-electron chi connectivity index (χ2n) is 10.1. The maximum atomic E-state index is 14.2. The van der Waals surface area contributed by atoms with Crippen molar-refractivity contribution in [2.24, 2.45) is 11.8 Å². The van der Waals surface area contributed by atoms with Crippen molar-refractivity contribution in [1.82, 2.24) is 9.80 Å². The molecule has 4 heterocycles. The first-order valence-corrected chi connectivity index (χ1v) is 13.0. The van der Waals surface area contributed by atoms with E-state index in [0.717, 1.165) is 6.42 Å². The highest BCUT2D eigenvalue weighted by Gasteiger charge is 2.74. The van der Waals surface area contributed by atoms with Gasteiger partial charge in [0.25, 0.3) is 5.91 Å². The van der Waals surface area contributed by atoms with Crippen LogP contribution in [0.4, 0.5) is 5.69 Å². The summed E-state index contributed by atoms with van der Waals surface area (Å²) in [5.74, 6) is -2.28. The molecule has 1 aromatic rings. The molecule has 2 fully saturated rings. The Morgan fingerprint density at radius 3 is 2.42 bits per heavy atom. The minimum atomic E-state index is -1.29. The van der Waals surface area contributed by atoms with Gasteiger partial charge >= 0.3 is 0 Å². The standard InChI is InChI=1S/C27H32ClN3O5/c1-3-13-29-14-4-11-26(2)20(23(29)33)21-24(34)31(16-6-17-32)22-25(35)30(15-5-12-27(21,22)36-26)19-9-7-18(28)8-10-19/h4-5,7-12,20-22,32H,3,6,13-17H2,1-2H3/t20-,21+,22?,26+,27+/m1/s1. The van der Waals surface area contributed by atoms with Gasteiger partial charge in [-0.15, -0.1) is 0 Å². The molecule has 0 aromatic heterocycles. The number of halogens is 1. The number of nitrogens with zero attached hydrogens (tertiary/aromatic N) is 3. The summed E-state index contributed by atoms with van der Waals surface area (Å²) in [5, 5.41) is 10.1. The van der Waals surface area contributed by atoms with Gasteiger partial charge in [0.05, 0.1) is 17.4 Å². The van der Waals surface area contributed by atoms with E-state index in [-0.39, 0.29) is 30.9 Å². The van der Waals surface area contributed by atoms with Gasteiger partial charge in [0.1, 0.15) is 11.6 Å². The molecule has 0 bridgehead atoms. The Morgan fingerprint density at radius 1 is 1.00 bits per heavy atom. The number of likely N-dealkylation sites (tertiary alicyclic amines) is 1. The number of carbonyl (C=O) groups is 3. The lowest BCUT2D eigenvalue weighted by molar-refractivity contribution is -0.148. The number of carbonyl (C=O) groups excluding carboxylic acids is 3. The molecular weight excluding hydrogens is 482 g/mol. The van der Waals surface area contributed by atoms with Crippen molar-refractivity contribution in [2.45, 2.75) is 43.9 Å². The summed E-state index contributed by atoms with van der Waals surface area (Å²) >= 11 is 6.07. The molecule has 8 nitrogen and oxygen atoms in total. The number of ether oxygens (including phenoxy) is 1. The van der Waals surface area contributed by atoms with Crippen LogP contribution in [0.3, 0.4) is 0 Å². The summed E-state index contributed by atoms with van der Waals surface area (Å²) in [6, 6.07) is 6.03. The van der Waals surface area contributed by atoms with Gasteiger partial charge in [0, 0.05) is 43.5 Å². The maximum absolute atomic E-state index is 14.2. The average Bonchev–Trinajstić information content (AvgIpc) is 3.12. The van der Waals surface area contributed by atoms with E-state index < -0.39 is 29.1 Å². The molecular formula is C27H32ClN3O5. The molecule has 5 rings (SSSR count). The number of benzene rings is 1. The molecule has 9 heteroatoms. The predicted molar refractivity (Wildman–Crippen MR) is 135 cm³/mol. The van der Waals surface area contributed by atoms with E-state index in [1.807, 2.05) is 38.2 Å². The molecule has 2 saturated heterocycles. The zero-order valence-electron chi connectivity index (χ0n) is 20.6. The van der Waals surface area contributed by atoms with Gasteiger partial charge in [-0.1, -0.05) is 42.8 Å². The number of hydrogen-bond acceptors (Lipinski definition) is 5. The van der Waals surface area contributed by atoms with Gasteiger partial charge in [0.2, 0.25) is 11.8 Å². The second kappa shape index (κ2) is 9.32. The molecule has 4 aliphatic rings. The molecule has 1 N–H and O–H groups in total. The molecule has 0 radical (unpaired) electrons. The summed E-state index contributed by atoms with van der Waals surface area (Å²) in [4.78, 5) is 47.0. The third kappa shape index (κ3) is 3.69. The van der Waals surface area contributed by atoms with E-state index in [2.05, 4.69) is 0 Å². The van der Waals surface area contributed by atoms with Gasteiger partial charge in [-0.05, 0) is 44.0 Å². The van der Waals surface area contributed by atoms with Gasteiger partial charge in [-0.25, -0.2) is 0 Å². The number of amides is 3. The van der Waals surface area contributed by atoms with E-state index in [0.29, 0.717) is 36.8 Å². The van der Waals surface area contributed by atoms with Gasteiger partial charge in [-0.3, -0.25) is 14.4 Å². The quantitative estimate of drug-likeness (QED) is 0.590. The van der Waals surface area contributed by atoms with Crippen LogP contribution in [0.15, 0.2) is 48.6 Å². The predicted octanol–water partition coefficient (Wildman–Crippen LogP) is 2.40. The molecule has 0 aliphatic carbocycles. The lowest BCUT2D eigenvalue weighted by Crippen LogP contribution is -2.56. The van der Waals surface area contributed by atoms with E-state index in [1.165, 1.54) is 4.90 Å². The first-order chi connectivity index (χ1) is 17.3. The Bertz CT molecular complexity index is 1120. The van der Waals surface area contributed by atoms with Crippen molar-refractivity contribution in [3.63, 3.8) is 0 Å². The molecule has 192 valence electrons. The average molecular weight is 514 g/mol. The molecule has 5 atom stereocenters. The van der Waals surface area contributed by atoms with E-state index in [4.69, 9.17) is 16.3 Å². The van der Waals surface area contributed by atoms with Crippen molar-refractivity contribution in [3.05, 3.63) is 53.6 Å². The zero-order valence-corrected chi connectivity index (χ0v) is 21.4. The third-order valence-corrected chi connectivity index (χ3v) is 8.08. The van der Waals surface area contributed by atoms with Crippen molar-refractivity contribution in [2.75, 3.05) is 37.7 Å². The molecule has 0 saturated carbocycles. The normalized spacial score (nSPS) is 33.5. The summed E-state index contributed by atoms with van der Waals surface area (Å²) in [7, 11) is 0. The maximum Gasteiger partial charge on any atom is 0.253 e. The highest BCUT2D eigenvalue weighted by atomic mass is 35.5. The first kappa shape index (κ1) is 25.0. The smallest absolute Gasteiger partial charge is 0.253 e. The lowest BCUT2D eigenvalue weighted by atomic mass is 9.74. The highest BCUT2D eigenvalue weighted by Crippen LogP contribution is 2.57. The van der Waals surface area contributed by atoms with Crippen LogP contribution in [-0.2, 0) is 19.1 Å². The minimum absolute atomic E-state index is 0.118. The highest BCUT2D eigenvalue weighted by molar-refractivity contribution is 6.30. The Labute approximate surface area is 216 Å². The molecule has 1 unspecified atom stereocenters. The van der Waals surface area contributed by atoms with Crippen LogP contribution in [0.1, 0.15) is 26.7 Å². The van der Waals surface area contributed by atoms with E-state index in [9.17, 15) is 19.5 Å². The minimum Gasteiger partial charge on any atom is -0.396 e. The van der Waals surface area contributed by atoms with Crippen LogP contribution < -0.4 is 4.90 Å². The van der Waals surface area contributed by atoms with Crippen LogP contribution >= 0.6 is 11.6 Å². The van der Waals surface area contributed by atoms with Crippen LogP contribution in [0.5, 0.6) is 0 Å². The van der Waals surface area contributed by atoms with Gasteiger partial charge in [0.15, 0.2) is 0 Å². The fourth-order valence-corrected chi connectivity index (χ4v) is 6.50. The molecule has 1 spiro atoms. The van der Waals surface area contributed by atoms with Crippen LogP contribution in [0.25, 0.3) is 0 Å². The fraction of sp³-hybridized carbons (Fsp3) is 0.519. The third-order valence-electron chi connectivity index (χ3n) is 7.83. The van der Waals surface area contributed by atoms with Gasteiger partial charge in [-0.2, -0.15) is 0 Å². The first-order valence-electron chi connectivity index (χ1n) is 12.6. The van der Waals surface area contributed by atoms with Crippen LogP contribution in [-0.4, -0.2) is 82.7 Å². The molecule has 3 amide bonds. The number of aliphatic hydroxyl groups excluding tert-OH is 1. The van der Waals surface area contributed by atoms with Crippen molar-refractivity contribution in [1.29, 1.82) is 0 Å².